The highest BCUT2D eigenvalue weighted by Crippen LogP contribution is 2.37. The highest BCUT2D eigenvalue weighted by atomic mass is 32.2. The number of nitrogens with zero attached hydrogens (tertiary/aromatic N) is 2. The van der Waals surface area contributed by atoms with Crippen LogP contribution in [0.1, 0.15) is 19.7 Å². The second-order valence-corrected chi connectivity index (χ2v) is 5.41. The first-order chi connectivity index (χ1) is 7.34. The highest BCUT2D eigenvalue weighted by Gasteiger charge is 2.43. The third-order valence-electron chi connectivity index (χ3n) is 1.79. The molecule has 0 amide bonds. The van der Waals surface area contributed by atoms with Crippen LogP contribution in [0.5, 0.6) is 0 Å². The summed E-state index contributed by atoms with van der Waals surface area (Å²) < 4.78 is 42.0. The lowest BCUT2D eigenvalue weighted by atomic mass is 10.2. The number of hydrogen-bond acceptors (Lipinski definition) is 5. The van der Waals surface area contributed by atoms with Gasteiger partial charge >= 0.3 is 6.18 Å². The van der Waals surface area contributed by atoms with E-state index in [-0.39, 0.29) is 0 Å². The van der Waals surface area contributed by atoms with Crippen LogP contribution in [0, 0.1) is 0 Å². The van der Waals surface area contributed by atoms with Crippen molar-refractivity contribution in [2.24, 2.45) is 5.73 Å². The zero-order valence-electron chi connectivity index (χ0n) is 8.78. The Morgan fingerprint density at radius 2 is 2.12 bits per heavy atom. The summed E-state index contributed by atoms with van der Waals surface area (Å²) in [6, 6.07) is -0.973. The number of nitrogens with two attached hydrogens (primary N) is 1. The van der Waals surface area contributed by atoms with Crippen LogP contribution in [-0.2, 0) is 6.42 Å². The summed E-state index contributed by atoms with van der Waals surface area (Å²) in [5.41, 5.74) is 5.33. The zero-order chi connectivity index (χ0) is 12.3. The van der Waals surface area contributed by atoms with E-state index in [4.69, 9.17) is 5.73 Å². The molecule has 2 N–H and O–H groups in total. The summed E-state index contributed by atoms with van der Waals surface area (Å²) >= 11 is 1.62. The predicted octanol–water partition coefficient (Wildman–Crippen LogP) is 2.47. The number of thioether (sulfide) groups is 1. The van der Waals surface area contributed by atoms with Crippen LogP contribution in [0.2, 0.25) is 0 Å². The van der Waals surface area contributed by atoms with E-state index < -0.39 is 17.5 Å². The number of aromatic nitrogens is 2. The van der Waals surface area contributed by atoms with Crippen molar-refractivity contribution in [1.29, 1.82) is 0 Å². The Hall–Kier alpha value is -0.340. The van der Waals surface area contributed by atoms with Gasteiger partial charge in [0.25, 0.3) is 0 Å². The van der Waals surface area contributed by atoms with Crippen molar-refractivity contribution in [2.45, 2.75) is 42.1 Å². The van der Waals surface area contributed by atoms with E-state index >= 15 is 0 Å². The summed E-state index contributed by atoms with van der Waals surface area (Å²) in [4.78, 5) is 3.98. The quantitative estimate of drug-likeness (QED) is 0.855. The van der Waals surface area contributed by atoms with Crippen molar-refractivity contribution >= 4 is 23.3 Å². The van der Waals surface area contributed by atoms with Gasteiger partial charge in [0.05, 0.1) is 0 Å². The molecule has 2 atom stereocenters. The molecule has 8 heteroatoms. The fourth-order valence-electron chi connectivity index (χ4n) is 1.01. The van der Waals surface area contributed by atoms with Crippen molar-refractivity contribution in [3.63, 3.8) is 0 Å². The Morgan fingerprint density at radius 1 is 1.50 bits per heavy atom. The standard InChI is InChI=1S/C8H12F3N3S2/c1-3-5-13-7(16-14-5)15-6(4(2)12)8(9,10)11/h4,6H,3,12H2,1-2H3. The van der Waals surface area contributed by atoms with Gasteiger partial charge in [-0.2, -0.15) is 17.5 Å². The maximum absolute atomic E-state index is 12.6. The van der Waals surface area contributed by atoms with Crippen molar-refractivity contribution in [3.05, 3.63) is 5.82 Å². The average molecular weight is 271 g/mol. The zero-order valence-corrected chi connectivity index (χ0v) is 10.4. The fraction of sp³-hybridized carbons (Fsp3) is 0.750. The van der Waals surface area contributed by atoms with Crippen LogP contribution in [0.4, 0.5) is 13.2 Å². The molecule has 16 heavy (non-hydrogen) atoms. The summed E-state index contributed by atoms with van der Waals surface area (Å²) in [6.07, 6.45) is -3.71. The first-order valence-corrected chi connectivity index (χ1v) is 6.31. The molecule has 2 unspecified atom stereocenters. The smallest absolute Gasteiger partial charge is 0.327 e. The van der Waals surface area contributed by atoms with Crippen molar-refractivity contribution in [3.8, 4) is 0 Å². The summed E-state index contributed by atoms with van der Waals surface area (Å²) in [5.74, 6) is 0.568. The largest absolute Gasteiger partial charge is 0.402 e. The molecular weight excluding hydrogens is 259 g/mol. The van der Waals surface area contributed by atoms with E-state index in [0.717, 1.165) is 11.5 Å². The monoisotopic (exact) mass is 271 g/mol. The predicted molar refractivity (Wildman–Crippen MR) is 58.6 cm³/mol. The van der Waals surface area contributed by atoms with Gasteiger partial charge in [-0.1, -0.05) is 18.7 Å². The first-order valence-electron chi connectivity index (χ1n) is 4.66. The number of halogens is 3. The van der Waals surface area contributed by atoms with Crippen LogP contribution in [0.3, 0.4) is 0 Å². The third kappa shape index (κ3) is 3.60. The number of rotatable bonds is 4. The van der Waals surface area contributed by atoms with E-state index in [9.17, 15) is 13.2 Å². The summed E-state index contributed by atoms with van der Waals surface area (Å²) in [7, 11) is 0. The van der Waals surface area contributed by atoms with Crippen LogP contribution in [0.25, 0.3) is 0 Å². The van der Waals surface area contributed by atoms with E-state index in [2.05, 4.69) is 9.36 Å². The normalized spacial score (nSPS) is 16.1. The number of aryl methyl sites for hydroxylation is 1. The molecule has 0 fully saturated rings. The molecule has 1 rings (SSSR count). The molecule has 0 aliphatic carbocycles. The van der Waals surface area contributed by atoms with Gasteiger partial charge < -0.3 is 5.73 Å². The van der Waals surface area contributed by atoms with Crippen molar-refractivity contribution < 1.29 is 13.2 Å². The van der Waals surface area contributed by atoms with Crippen LogP contribution in [0.15, 0.2) is 4.34 Å². The minimum atomic E-state index is -4.32. The van der Waals surface area contributed by atoms with Gasteiger partial charge in [-0.3, -0.25) is 0 Å². The van der Waals surface area contributed by atoms with E-state index in [1.165, 1.54) is 6.92 Å². The minimum Gasteiger partial charge on any atom is -0.327 e. The van der Waals surface area contributed by atoms with Gasteiger partial charge in [0.15, 0.2) is 4.34 Å². The summed E-state index contributed by atoms with van der Waals surface area (Å²) in [5, 5.41) is -1.63. The fourth-order valence-corrected chi connectivity index (χ4v) is 2.83. The maximum atomic E-state index is 12.6. The average Bonchev–Trinajstić information content (AvgIpc) is 2.59. The summed E-state index contributed by atoms with van der Waals surface area (Å²) in [6.45, 7) is 3.19. The van der Waals surface area contributed by atoms with Crippen molar-refractivity contribution in [2.75, 3.05) is 0 Å². The maximum Gasteiger partial charge on any atom is 0.402 e. The van der Waals surface area contributed by atoms with E-state index in [1.54, 1.807) is 0 Å². The topological polar surface area (TPSA) is 51.8 Å². The van der Waals surface area contributed by atoms with Gasteiger partial charge in [0.1, 0.15) is 11.1 Å². The number of hydrogen-bond donors (Lipinski definition) is 1. The molecule has 0 radical (unpaired) electrons. The van der Waals surface area contributed by atoms with Gasteiger partial charge in [-0.25, -0.2) is 4.98 Å². The molecule has 1 heterocycles. The molecule has 3 nitrogen and oxygen atoms in total. The Kier molecular flexibility index (Phi) is 4.57. The number of alkyl halides is 3. The van der Waals surface area contributed by atoms with Crippen LogP contribution < -0.4 is 5.73 Å². The molecular formula is C8H12F3N3S2. The van der Waals surface area contributed by atoms with Gasteiger partial charge in [-0.15, -0.1) is 0 Å². The molecule has 0 saturated carbocycles. The molecule has 1 aromatic rings. The third-order valence-corrected chi connectivity index (χ3v) is 4.10. The van der Waals surface area contributed by atoms with Crippen LogP contribution >= 0.6 is 23.3 Å². The second kappa shape index (κ2) is 5.33. The molecule has 0 aliphatic heterocycles. The molecule has 0 bridgehead atoms. The van der Waals surface area contributed by atoms with Gasteiger partial charge in [-0.05, 0) is 18.5 Å². The lowest BCUT2D eigenvalue weighted by molar-refractivity contribution is -0.131. The van der Waals surface area contributed by atoms with Crippen molar-refractivity contribution in [1.82, 2.24) is 9.36 Å². The first kappa shape index (κ1) is 13.7. The molecule has 92 valence electrons. The highest BCUT2D eigenvalue weighted by molar-refractivity contribution is 8.01. The Balaban J connectivity index is 2.76. The van der Waals surface area contributed by atoms with Crippen LogP contribution in [-0.4, -0.2) is 26.8 Å². The molecule has 0 aliphatic rings. The Labute approximate surface area is 99.8 Å². The Bertz CT molecular complexity index is 338. The van der Waals surface area contributed by atoms with E-state index in [0.29, 0.717) is 28.3 Å². The second-order valence-electron chi connectivity index (χ2n) is 3.27. The molecule has 0 spiro atoms. The van der Waals surface area contributed by atoms with E-state index in [1.807, 2.05) is 6.92 Å². The van der Waals surface area contributed by atoms with Gasteiger partial charge in [0, 0.05) is 12.5 Å². The molecule has 0 aromatic carbocycles. The SMILES string of the molecule is CCc1nsc(SC(C(C)N)C(F)(F)F)n1. The Morgan fingerprint density at radius 3 is 2.50 bits per heavy atom. The minimum absolute atomic E-state index is 0.316. The lowest BCUT2D eigenvalue weighted by Crippen LogP contribution is -2.40. The lowest BCUT2D eigenvalue weighted by Gasteiger charge is -2.21. The molecule has 0 saturated heterocycles. The molecule has 1 aromatic heterocycles. The van der Waals surface area contributed by atoms with Gasteiger partial charge in [0.2, 0.25) is 0 Å².